The van der Waals surface area contributed by atoms with Crippen LogP contribution in [-0.2, 0) is 5.33 Å². The highest BCUT2D eigenvalue weighted by molar-refractivity contribution is 9.08. The molecule has 1 heterocycles. The highest BCUT2D eigenvalue weighted by Crippen LogP contribution is 2.26. The molecule has 0 aliphatic rings. The van der Waals surface area contributed by atoms with Gasteiger partial charge in [-0.15, -0.1) is 0 Å². The van der Waals surface area contributed by atoms with Crippen LogP contribution in [0.2, 0.25) is 0 Å². The van der Waals surface area contributed by atoms with Crippen molar-refractivity contribution in [1.82, 2.24) is 4.57 Å². The second-order valence-electron chi connectivity index (χ2n) is 3.58. The zero-order chi connectivity index (χ0) is 11.0. The third-order valence-electron chi connectivity index (χ3n) is 2.69. The lowest BCUT2D eigenvalue weighted by atomic mass is 10.2. The molecule has 0 N–H and O–H groups in total. The van der Waals surface area contributed by atoms with Gasteiger partial charge in [0.1, 0.15) is 0 Å². The summed E-state index contributed by atoms with van der Waals surface area (Å²) in [5.74, 6) is 0.0637. The van der Waals surface area contributed by atoms with E-state index >= 15 is 0 Å². The van der Waals surface area contributed by atoms with Crippen molar-refractivity contribution in [1.29, 1.82) is 0 Å². The SMILES string of the molecule is CC(=O)n1c(CBr)c(C)c2ccccc21. The molecule has 1 aromatic heterocycles. The quantitative estimate of drug-likeness (QED) is 0.724. The van der Waals surface area contributed by atoms with E-state index in [2.05, 4.69) is 28.9 Å². The van der Waals surface area contributed by atoms with Gasteiger partial charge in [-0.1, -0.05) is 34.1 Å². The molecule has 0 amide bonds. The third-order valence-corrected chi connectivity index (χ3v) is 3.22. The molecule has 0 aliphatic heterocycles. The molecule has 2 aromatic rings. The number of aryl methyl sites for hydroxylation is 1. The molecule has 15 heavy (non-hydrogen) atoms. The number of benzene rings is 1. The molecule has 1 aromatic carbocycles. The number of hydrogen-bond donors (Lipinski definition) is 0. The summed E-state index contributed by atoms with van der Waals surface area (Å²) in [7, 11) is 0. The molecule has 2 nitrogen and oxygen atoms in total. The van der Waals surface area contributed by atoms with Crippen molar-refractivity contribution >= 4 is 32.7 Å². The van der Waals surface area contributed by atoms with Gasteiger partial charge in [0.25, 0.3) is 0 Å². The summed E-state index contributed by atoms with van der Waals surface area (Å²) in [4.78, 5) is 11.6. The van der Waals surface area contributed by atoms with E-state index in [1.165, 1.54) is 5.56 Å². The van der Waals surface area contributed by atoms with Crippen molar-refractivity contribution in [2.45, 2.75) is 19.2 Å². The number of para-hydroxylation sites is 1. The Morgan fingerprint density at radius 1 is 1.40 bits per heavy atom. The fraction of sp³-hybridized carbons (Fsp3) is 0.250. The van der Waals surface area contributed by atoms with Crippen LogP contribution in [0.1, 0.15) is 23.0 Å². The molecule has 3 heteroatoms. The van der Waals surface area contributed by atoms with Crippen LogP contribution in [0.15, 0.2) is 24.3 Å². The largest absolute Gasteiger partial charge is 0.283 e. The molecule has 0 saturated carbocycles. The Balaban J connectivity index is 2.91. The molecular formula is C12H12BrNO. The summed E-state index contributed by atoms with van der Waals surface area (Å²) in [5.41, 5.74) is 3.22. The fourth-order valence-electron chi connectivity index (χ4n) is 1.97. The van der Waals surface area contributed by atoms with Crippen LogP contribution in [0.4, 0.5) is 0 Å². The van der Waals surface area contributed by atoms with E-state index in [1.54, 1.807) is 11.5 Å². The molecular weight excluding hydrogens is 254 g/mol. The Bertz CT molecular complexity index is 528. The average Bonchev–Trinajstić information content (AvgIpc) is 2.52. The lowest BCUT2D eigenvalue weighted by Crippen LogP contribution is -2.08. The van der Waals surface area contributed by atoms with Crippen LogP contribution in [0.25, 0.3) is 10.9 Å². The number of fused-ring (bicyclic) bond motifs is 1. The summed E-state index contributed by atoms with van der Waals surface area (Å²) in [6.45, 7) is 3.65. The smallest absolute Gasteiger partial charge is 0.228 e. The first-order valence-electron chi connectivity index (χ1n) is 4.82. The maximum Gasteiger partial charge on any atom is 0.228 e. The minimum Gasteiger partial charge on any atom is -0.283 e. The first-order valence-corrected chi connectivity index (χ1v) is 5.94. The van der Waals surface area contributed by atoms with E-state index in [9.17, 15) is 4.79 Å². The minimum atomic E-state index is 0.0637. The summed E-state index contributed by atoms with van der Waals surface area (Å²) in [6, 6.07) is 7.99. The molecule has 0 atom stereocenters. The van der Waals surface area contributed by atoms with Gasteiger partial charge in [0.05, 0.1) is 5.52 Å². The Morgan fingerprint density at radius 2 is 2.07 bits per heavy atom. The zero-order valence-corrected chi connectivity index (χ0v) is 10.3. The highest BCUT2D eigenvalue weighted by atomic mass is 79.9. The van der Waals surface area contributed by atoms with Gasteiger partial charge in [-0.2, -0.15) is 0 Å². The van der Waals surface area contributed by atoms with Crippen LogP contribution in [0, 0.1) is 6.92 Å². The summed E-state index contributed by atoms with van der Waals surface area (Å²) in [5, 5.41) is 1.86. The molecule has 0 saturated heterocycles. The van der Waals surface area contributed by atoms with Crippen molar-refractivity contribution in [2.24, 2.45) is 0 Å². The van der Waals surface area contributed by atoms with E-state index in [0.29, 0.717) is 5.33 Å². The first kappa shape index (κ1) is 10.4. The van der Waals surface area contributed by atoms with Gasteiger partial charge in [-0.3, -0.25) is 9.36 Å². The first-order chi connectivity index (χ1) is 7.16. The number of halogens is 1. The molecule has 78 valence electrons. The van der Waals surface area contributed by atoms with Gasteiger partial charge in [-0.25, -0.2) is 0 Å². The summed E-state index contributed by atoms with van der Waals surface area (Å²) < 4.78 is 1.78. The minimum absolute atomic E-state index is 0.0637. The molecule has 0 fully saturated rings. The van der Waals surface area contributed by atoms with Gasteiger partial charge < -0.3 is 0 Å². The van der Waals surface area contributed by atoms with Gasteiger partial charge in [0.2, 0.25) is 5.91 Å². The molecule has 0 aliphatic carbocycles. The molecule has 0 spiro atoms. The van der Waals surface area contributed by atoms with Crippen LogP contribution < -0.4 is 0 Å². The van der Waals surface area contributed by atoms with Gasteiger partial charge in [0.15, 0.2) is 0 Å². The highest BCUT2D eigenvalue weighted by Gasteiger charge is 2.14. The standard InChI is InChI=1S/C12H12BrNO/c1-8-10-5-3-4-6-11(10)14(9(2)15)12(8)7-13/h3-6H,7H2,1-2H3. The summed E-state index contributed by atoms with van der Waals surface area (Å²) >= 11 is 3.43. The van der Waals surface area contributed by atoms with E-state index < -0.39 is 0 Å². The van der Waals surface area contributed by atoms with Crippen LogP contribution in [-0.4, -0.2) is 10.5 Å². The van der Waals surface area contributed by atoms with Crippen LogP contribution >= 0.6 is 15.9 Å². The number of rotatable bonds is 1. The second-order valence-corrected chi connectivity index (χ2v) is 4.14. The van der Waals surface area contributed by atoms with Crippen molar-refractivity contribution in [3.05, 3.63) is 35.5 Å². The Hall–Kier alpha value is -1.09. The maximum atomic E-state index is 11.6. The fourth-order valence-corrected chi connectivity index (χ4v) is 2.65. The van der Waals surface area contributed by atoms with Crippen LogP contribution in [0.5, 0.6) is 0 Å². The molecule has 0 bridgehead atoms. The number of nitrogens with zero attached hydrogens (tertiary/aromatic N) is 1. The second kappa shape index (κ2) is 3.81. The topological polar surface area (TPSA) is 22.0 Å². The Labute approximate surface area is 97.0 Å². The van der Waals surface area contributed by atoms with E-state index in [-0.39, 0.29) is 5.91 Å². The Kier molecular flexibility index (Phi) is 2.65. The average molecular weight is 266 g/mol. The normalized spacial score (nSPS) is 10.9. The predicted molar refractivity (Wildman–Crippen MR) is 65.6 cm³/mol. The number of carbonyl (C=O) groups is 1. The predicted octanol–water partition coefficient (Wildman–Crippen LogP) is 3.50. The zero-order valence-electron chi connectivity index (χ0n) is 8.75. The number of aromatic nitrogens is 1. The maximum absolute atomic E-state index is 11.6. The van der Waals surface area contributed by atoms with E-state index in [1.807, 2.05) is 18.2 Å². The van der Waals surface area contributed by atoms with Crippen molar-refractivity contribution in [3.63, 3.8) is 0 Å². The number of carbonyl (C=O) groups excluding carboxylic acids is 1. The van der Waals surface area contributed by atoms with E-state index in [0.717, 1.165) is 16.6 Å². The lowest BCUT2D eigenvalue weighted by molar-refractivity contribution is 0.0939. The van der Waals surface area contributed by atoms with Crippen molar-refractivity contribution in [3.8, 4) is 0 Å². The third kappa shape index (κ3) is 1.51. The van der Waals surface area contributed by atoms with E-state index in [4.69, 9.17) is 0 Å². The van der Waals surface area contributed by atoms with Gasteiger partial charge in [0, 0.05) is 23.3 Å². The lowest BCUT2D eigenvalue weighted by Gasteiger charge is -2.03. The van der Waals surface area contributed by atoms with Gasteiger partial charge >= 0.3 is 0 Å². The van der Waals surface area contributed by atoms with Crippen LogP contribution in [0.3, 0.4) is 0 Å². The Morgan fingerprint density at radius 3 is 2.67 bits per heavy atom. The summed E-state index contributed by atoms with van der Waals surface area (Å²) in [6.07, 6.45) is 0. The molecule has 2 rings (SSSR count). The van der Waals surface area contributed by atoms with Crippen molar-refractivity contribution in [2.75, 3.05) is 0 Å². The number of hydrogen-bond acceptors (Lipinski definition) is 1. The monoisotopic (exact) mass is 265 g/mol. The molecule has 0 radical (unpaired) electrons. The molecule has 0 unspecified atom stereocenters. The number of alkyl halides is 1. The van der Waals surface area contributed by atoms with Crippen molar-refractivity contribution < 1.29 is 4.79 Å². The van der Waals surface area contributed by atoms with Gasteiger partial charge in [-0.05, 0) is 18.6 Å².